The summed E-state index contributed by atoms with van der Waals surface area (Å²) in [5, 5.41) is 0. The van der Waals surface area contributed by atoms with Crippen LogP contribution in [0.3, 0.4) is 0 Å². The Balaban J connectivity index is 4.27. The Morgan fingerprint density at radius 3 is 2.54 bits per heavy atom. The zero-order chi connectivity index (χ0) is 13.1. The Morgan fingerprint density at radius 1 is 1.62 bits per heavy atom. The standard InChI is InChI=1S/C10H21NO2/c1-7(2)6-8(11)9(12)13-10(3,4)5/h7-8H,6,11H2,1-5H3/p+1/t8-/m0/s1/i1D3/t7-,8-. The number of hydrogen-bond acceptors (Lipinski definition) is 2. The van der Waals surface area contributed by atoms with Gasteiger partial charge in [-0.15, -0.1) is 0 Å². The largest absolute Gasteiger partial charge is 0.456 e. The normalized spacial score (nSPS) is 20.8. The van der Waals surface area contributed by atoms with Crippen molar-refractivity contribution in [2.45, 2.75) is 52.6 Å². The summed E-state index contributed by atoms with van der Waals surface area (Å²) in [6.07, 6.45) is 0.214. The quantitative estimate of drug-likeness (QED) is 0.676. The van der Waals surface area contributed by atoms with Crippen LogP contribution in [0.1, 0.15) is 45.1 Å². The van der Waals surface area contributed by atoms with Gasteiger partial charge in [-0.2, -0.15) is 0 Å². The van der Waals surface area contributed by atoms with E-state index < -0.39 is 30.4 Å². The van der Waals surface area contributed by atoms with E-state index in [1.165, 1.54) is 0 Å². The molecule has 0 aromatic heterocycles. The van der Waals surface area contributed by atoms with Gasteiger partial charge in [0.05, 0.1) is 0 Å². The molecular formula is C10H22NO2+. The number of rotatable bonds is 3. The molecule has 0 bridgehead atoms. The van der Waals surface area contributed by atoms with E-state index in [0.29, 0.717) is 0 Å². The van der Waals surface area contributed by atoms with Crippen molar-refractivity contribution in [3.05, 3.63) is 0 Å². The van der Waals surface area contributed by atoms with Gasteiger partial charge in [-0.3, -0.25) is 0 Å². The fourth-order valence-corrected chi connectivity index (χ4v) is 0.908. The summed E-state index contributed by atoms with van der Waals surface area (Å²) in [4.78, 5) is 11.6. The first kappa shape index (κ1) is 7.80. The molecule has 0 aromatic rings. The lowest BCUT2D eigenvalue weighted by molar-refractivity contribution is -0.412. The van der Waals surface area contributed by atoms with E-state index in [1.54, 1.807) is 27.7 Å². The van der Waals surface area contributed by atoms with Crippen LogP contribution in [0.2, 0.25) is 0 Å². The van der Waals surface area contributed by atoms with Gasteiger partial charge < -0.3 is 10.5 Å². The molecular weight excluding hydrogens is 166 g/mol. The van der Waals surface area contributed by atoms with Crippen LogP contribution in [-0.2, 0) is 9.53 Å². The van der Waals surface area contributed by atoms with Crippen molar-refractivity contribution in [2.24, 2.45) is 5.92 Å². The highest BCUT2D eigenvalue weighted by Crippen LogP contribution is 2.10. The van der Waals surface area contributed by atoms with Crippen LogP contribution in [0.25, 0.3) is 0 Å². The van der Waals surface area contributed by atoms with E-state index in [0.717, 1.165) is 0 Å². The van der Waals surface area contributed by atoms with Crippen LogP contribution in [0.5, 0.6) is 0 Å². The molecule has 0 heterocycles. The molecule has 0 aliphatic rings. The maximum absolute atomic E-state index is 11.6. The van der Waals surface area contributed by atoms with Gasteiger partial charge in [-0.05, 0) is 26.7 Å². The number of esters is 1. The smallest absolute Gasteiger partial charge is 0.365 e. The molecule has 3 heteroatoms. The number of carbonyl (C=O) groups excluding carboxylic acids is 1. The molecule has 78 valence electrons. The maximum atomic E-state index is 11.6. The fraction of sp³-hybridized carbons (Fsp3) is 0.900. The summed E-state index contributed by atoms with van der Waals surface area (Å²) >= 11 is 0. The first-order valence-electron chi connectivity index (χ1n) is 5.99. The van der Waals surface area contributed by atoms with Crippen LogP contribution in [0.4, 0.5) is 0 Å². The van der Waals surface area contributed by atoms with Gasteiger partial charge in [-0.1, -0.05) is 13.8 Å². The molecule has 0 rings (SSSR count). The van der Waals surface area contributed by atoms with E-state index in [2.05, 4.69) is 5.73 Å². The number of ether oxygens (including phenoxy) is 1. The second-order valence-corrected chi connectivity index (χ2v) is 4.37. The average molecular weight is 191 g/mol. The average Bonchev–Trinajstić information content (AvgIpc) is 1.98. The molecule has 13 heavy (non-hydrogen) atoms. The second-order valence-electron chi connectivity index (χ2n) is 4.37. The predicted molar refractivity (Wildman–Crippen MR) is 52.0 cm³/mol. The molecule has 0 aliphatic heterocycles. The Bertz CT molecular complexity index is 245. The molecule has 0 amide bonds. The molecule has 0 unspecified atom stereocenters. The van der Waals surface area contributed by atoms with E-state index in [1.807, 2.05) is 0 Å². The van der Waals surface area contributed by atoms with Crippen LogP contribution >= 0.6 is 0 Å². The molecule has 0 aliphatic carbocycles. The van der Waals surface area contributed by atoms with Gasteiger partial charge >= 0.3 is 5.97 Å². The topological polar surface area (TPSA) is 53.9 Å². The minimum absolute atomic E-state index is 0.214. The van der Waals surface area contributed by atoms with Gasteiger partial charge in [-0.25, -0.2) is 4.79 Å². The Kier molecular flexibility index (Phi) is 2.76. The molecule has 0 spiro atoms. The number of hydrogen-bond donors (Lipinski definition) is 1. The Labute approximate surface area is 84.9 Å². The maximum Gasteiger partial charge on any atom is 0.365 e. The lowest BCUT2D eigenvalue weighted by Crippen LogP contribution is -2.66. The highest BCUT2D eigenvalue weighted by atomic mass is 16.6. The summed E-state index contributed by atoms with van der Waals surface area (Å²) in [6.45, 7) is 4.86. The number of quaternary nitrogens is 1. The summed E-state index contributed by atoms with van der Waals surface area (Å²) in [6, 6.07) is -0.630. The van der Waals surface area contributed by atoms with Crippen molar-refractivity contribution >= 4 is 5.97 Å². The summed E-state index contributed by atoms with van der Waals surface area (Å²) in [5.41, 5.74) is 3.09. The Morgan fingerprint density at radius 2 is 2.15 bits per heavy atom. The van der Waals surface area contributed by atoms with E-state index in [-0.39, 0.29) is 6.42 Å². The van der Waals surface area contributed by atoms with Crippen LogP contribution in [0, 0.1) is 5.92 Å². The molecule has 0 saturated heterocycles. The van der Waals surface area contributed by atoms with Crippen molar-refractivity contribution in [1.29, 1.82) is 0 Å². The van der Waals surface area contributed by atoms with Crippen molar-refractivity contribution < 1.29 is 19.4 Å². The molecule has 3 nitrogen and oxygen atoms in total. The van der Waals surface area contributed by atoms with Gasteiger partial charge in [0, 0.05) is 10.5 Å². The van der Waals surface area contributed by atoms with Gasteiger partial charge in [0.25, 0.3) is 0 Å². The third-order valence-corrected chi connectivity index (χ3v) is 1.38. The van der Waals surface area contributed by atoms with Crippen molar-refractivity contribution in [1.82, 2.24) is 0 Å². The molecule has 3 N–H and O–H groups in total. The third kappa shape index (κ3) is 6.58. The lowest BCUT2D eigenvalue weighted by atomic mass is 10.0. The molecule has 0 saturated carbocycles. The summed E-state index contributed by atoms with van der Waals surface area (Å²) in [5.74, 6) is -0.994. The Hall–Kier alpha value is -0.570. The van der Waals surface area contributed by atoms with E-state index in [9.17, 15) is 4.79 Å². The van der Waals surface area contributed by atoms with Crippen LogP contribution in [0.15, 0.2) is 0 Å². The minimum Gasteiger partial charge on any atom is -0.456 e. The van der Waals surface area contributed by atoms with Crippen LogP contribution in [-0.4, -0.2) is 17.6 Å². The second kappa shape index (κ2) is 4.61. The first-order chi connectivity index (χ1) is 6.93. The third-order valence-electron chi connectivity index (χ3n) is 1.38. The van der Waals surface area contributed by atoms with Crippen molar-refractivity contribution in [3.8, 4) is 0 Å². The predicted octanol–water partition coefficient (Wildman–Crippen LogP) is 0.985. The monoisotopic (exact) mass is 191 g/mol. The SMILES string of the molecule is [2H]C([2H])([2H])[C@@H](C)C[C@H]([NH3+])C(=O)OC(C)(C)C. The minimum atomic E-state index is -2.04. The van der Waals surface area contributed by atoms with Crippen LogP contribution < -0.4 is 5.73 Å². The highest BCUT2D eigenvalue weighted by molar-refractivity contribution is 5.74. The first-order valence-corrected chi connectivity index (χ1v) is 4.49. The van der Waals surface area contributed by atoms with Crippen molar-refractivity contribution in [3.63, 3.8) is 0 Å². The zero-order valence-corrected chi connectivity index (χ0v) is 8.89. The van der Waals surface area contributed by atoms with Gasteiger partial charge in [0.15, 0.2) is 6.04 Å². The van der Waals surface area contributed by atoms with E-state index in [4.69, 9.17) is 8.85 Å². The van der Waals surface area contributed by atoms with Gasteiger partial charge in [0.2, 0.25) is 0 Å². The summed E-state index contributed by atoms with van der Waals surface area (Å²) in [7, 11) is 0. The zero-order valence-electron chi connectivity index (χ0n) is 11.9. The summed E-state index contributed by atoms with van der Waals surface area (Å²) < 4.78 is 26.7. The fourth-order valence-electron chi connectivity index (χ4n) is 0.908. The molecule has 0 radical (unpaired) electrons. The molecule has 2 atom stereocenters. The lowest BCUT2D eigenvalue weighted by Gasteiger charge is -2.21. The number of carbonyl (C=O) groups is 1. The highest BCUT2D eigenvalue weighted by Gasteiger charge is 2.25. The van der Waals surface area contributed by atoms with E-state index >= 15 is 0 Å². The van der Waals surface area contributed by atoms with Gasteiger partial charge in [0.1, 0.15) is 5.60 Å². The molecule has 0 aromatic carbocycles. The molecule has 0 fully saturated rings. The van der Waals surface area contributed by atoms with Crippen molar-refractivity contribution in [2.75, 3.05) is 0 Å².